The molecule has 0 aromatic heterocycles. The molecule has 3 aliphatic heterocycles. The van der Waals surface area contributed by atoms with Crippen molar-refractivity contribution < 1.29 is 84.7 Å². The highest BCUT2D eigenvalue weighted by molar-refractivity contribution is 5.73. The van der Waals surface area contributed by atoms with Gasteiger partial charge in [-0.05, 0) is 6.42 Å². The van der Waals surface area contributed by atoms with Gasteiger partial charge in [-0.25, -0.2) is 4.79 Å². The van der Waals surface area contributed by atoms with Crippen LogP contribution < -0.4 is 34.4 Å². The first-order valence-electron chi connectivity index (χ1n) is 17.8. The lowest BCUT2D eigenvalue weighted by molar-refractivity contribution is -0.312. The normalized spacial score (nSPS) is 43.2. The van der Waals surface area contributed by atoms with Crippen LogP contribution >= 0.6 is 0 Å². The van der Waals surface area contributed by atoms with E-state index in [1.54, 1.807) is 21.3 Å². The molecule has 4 aliphatic rings. The zero-order valence-corrected chi connectivity index (χ0v) is 32.6. The molecular formula is C32H61F3N6O15. The first-order chi connectivity index (χ1) is 26.5. The van der Waals surface area contributed by atoms with Crippen molar-refractivity contribution in [2.45, 2.75) is 129 Å². The minimum absolute atomic E-state index is 0.128. The van der Waals surface area contributed by atoms with E-state index in [9.17, 15) is 13.2 Å². The Morgan fingerprint density at radius 2 is 0.946 bits per heavy atom. The molecule has 0 aromatic rings. The van der Waals surface area contributed by atoms with Gasteiger partial charge < -0.3 is 101 Å². The van der Waals surface area contributed by atoms with E-state index in [0.29, 0.717) is 6.42 Å². The van der Waals surface area contributed by atoms with Crippen LogP contribution in [0.5, 0.6) is 0 Å². The van der Waals surface area contributed by atoms with Crippen LogP contribution in [0, 0.1) is 0 Å². The molecule has 3 heterocycles. The number of alkyl halides is 3. The summed E-state index contributed by atoms with van der Waals surface area (Å²) in [5, 5.41) is 7.12. The third kappa shape index (κ3) is 11.2. The topological polar surface area (TPSA) is 313 Å². The van der Waals surface area contributed by atoms with Gasteiger partial charge in [-0.15, -0.1) is 0 Å². The number of carboxylic acid groups (broad SMARTS) is 1. The van der Waals surface area contributed by atoms with Crippen LogP contribution in [0.3, 0.4) is 0 Å². The average Bonchev–Trinajstić information content (AvgIpc) is 3.48. The van der Waals surface area contributed by atoms with Gasteiger partial charge >= 0.3 is 12.1 Å². The summed E-state index contributed by atoms with van der Waals surface area (Å²) in [5.41, 5.74) is 38.4. The summed E-state index contributed by atoms with van der Waals surface area (Å²) in [6.07, 6.45) is -15.6. The summed E-state index contributed by atoms with van der Waals surface area (Å²) in [6.45, 7) is 0.411. The summed E-state index contributed by atoms with van der Waals surface area (Å²) in [5.74, 6) is -2.76. The van der Waals surface area contributed by atoms with Crippen molar-refractivity contribution in [2.24, 2.45) is 34.4 Å². The molecule has 0 bridgehead atoms. The first kappa shape index (κ1) is 48.9. The Morgan fingerprint density at radius 1 is 0.571 bits per heavy atom. The number of methoxy groups -OCH3 is 7. The van der Waals surface area contributed by atoms with Gasteiger partial charge in [0, 0.05) is 74.9 Å². The van der Waals surface area contributed by atoms with Crippen LogP contribution in [0.25, 0.3) is 0 Å². The molecule has 4 fully saturated rings. The standard InChI is InChI=1S/C30H60N6O13.C2HF3O2/c1-37-11-16-23(48-29-18(36)25(42-6)22(40-4)15(10-32)45-29)27(43-7)30(46-16)49-26-19(38-2)12(33)8-13(34)20(26)47-28-17(35)24(41-5)21(39-3)14(9-31)44-28;3-2(4,5)1(6)7/h12-30H,8-11,31-36H2,1-7H3;(H,6,7)/t12-,13+,14-,15+,16-,17-,18-,19+,20-,21-,22-,23-,24-,25-,26-,27-,28-,29-,30+;/m1./s1. The van der Waals surface area contributed by atoms with Crippen molar-refractivity contribution in [1.82, 2.24) is 0 Å². The summed E-state index contributed by atoms with van der Waals surface area (Å²) < 4.78 is 110. The minimum Gasteiger partial charge on any atom is -0.475 e. The number of ether oxygens (including phenoxy) is 13. The Hall–Kier alpha value is -1.50. The van der Waals surface area contributed by atoms with Gasteiger partial charge in [0.25, 0.3) is 0 Å². The second-order valence-electron chi connectivity index (χ2n) is 13.6. The Morgan fingerprint density at radius 3 is 1.32 bits per heavy atom. The van der Waals surface area contributed by atoms with E-state index < -0.39 is 128 Å². The smallest absolute Gasteiger partial charge is 0.475 e. The summed E-state index contributed by atoms with van der Waals surface area (Å²) in [6, 6.07) is -2.61. The lowest BCUT2D eigenvalue weighted by Crippen LogP contribution is -2.69. The molecule has 1 saturated carbocycles. The Labute approximate surface area is 323 Å². The molecule has 1 aliphatic carbocycles. The molecule has 0 spiro atoms. The monoisotopic (exact) mass is 826 g/mol. The second kappa shape index (κ2) is 22.2. The number of carbonyl (C=O) groups is 1. The molecule has 0 aromatic carbocycles. The number of nitrogens with two attached hydrogens (primary N) is 6. The second-order valence-corrected chi connectivity index (χ2v) is 13.6. The largest absolute Gasteiger partial charge is 0.490 e. The summed E-state index contributed by atoms with van der Waals surface area (Å²) >= 11 is 0. The molecule has 56 heavy (non-hydrogen) atoms. The zero-order chi connectivity index (χ0) is 42.1. The van der Waals surface area contributed by atoms with Crippen molar-refractivity contribution in [3.63, 3.8) is 0 Å². The fourth-order valence-electron chi connectivity index (χ4n) is 7.51. The van der Waals surface area contributed by atoms with Crippen LogP contribution in [-0.4, -0.2) is 203 Å². The predicted octanol–water partition coefficient (Wildman–Crippen LogP) is -3.68. The quantitative estimate of drug-likeness (QED) is 0.0788. The maximum Gasteiger partial charge on any atom is 0.490 e. The number of halogens is 3. The van der Waals surface area contributed by atoms with Crippen LogP contribution in [-0.2, 0) is 66.4 Å². The van der Waals surface area contributed by atoms with E-state index >= 15 is 0 Å². The van der Waals surface area contributed by atoms with Gasteiger partial charge in [-0.2, -0.15) is 13.2 Å². The van der Waals surface area contributed by atoms with Gasteiger partial charge in [0.2, 0.25) is 0 Å². The van der Waals surface area contributed by atoms with Gasteiger partial charge in [0.1, 0.15) is 73.2 Å². The average molecular weight is 827 g/mol. The molecule has 3 saturated heterocycles. The van der Waals surface area contributed by atoms with Crippen molar-refractivity contribution >= 4 is 5.97 Å². The fraction of sp³-hybridized carbons (Fsp3) is 0.969. The number of hydrogen-bond donors (Lipinski definition) is 7. The van der Waals surface area contributed by atoms with Gasteiger partial charge in [0.05, 0.1) is 18.7 Å². The Kier molecular flexibility index (Phi) is 19.4. The van der Waals surface area contributed by atoms with Crippen molar-refractivity contribution in [3.05, 3.63) is 0 Å². The van der Waals surface area contributed by atoms with Crippen molar-refractivity contribution in [3.8, 4) is 0 Å². The first-order valence-corrected chi connectivity index (χ1v) is 17.8. The van der Waals surface area contributed by atoms with E-state index in [0.717, 1.165) is 0 Å². The minimum atomic E-state index is -5.08. The highest BCUT2D eigenvalue weighted by Gasteiger charge is 2.56. The molecule has 330 valence electrons. The molecule has 19 atom stereocenters. The predicted molar refractivity (Wildman–Crippen MR) is 186 cm³/mol. The van der Waals surface area contributed by atoms with Gasteiger partial charge in [-0.1, -0.05) is 0 Å². The molecule has 24 heteroatoms. The van der Waals surface area contributed by atoms with E-state index in [1.807, 2.05) is 0 Å². The lowest BCUT2D eigenvalue weighted by Gasteiger charge is -2.49. The number of carboxylic acids is 1. The van der Waals surface area contributed by atoms with Crippen LogP contribution in [0.4, 0.5) is 13.2 Å². The van der Waals surface area contributed by atoms with E-state index in [4.69, 9.17) is 106 Å². The molecule has 0 unspecified atom stereocenters. The molecule has 13 N–H and O–H groups in total. The van der Waals surface area contributed by atoms with Gasteiger partial charge in [-0.3, -0.25) is 0 Å². The third-order valence-corrected chi connectivity index (χ3v) is 10.2. The van der Waals surface area contributed by atoms with E-state index in [-0.39, 0.29) is 19.7 Å². The summed E-state index contributed by atoms with van der Waals surface area (Å²) in [4.78, 5) is 8.90. The highest BCUT2D eigenvalue weighted by Crippen LogP contribution is 2.36. The van der Waals surface area contributed by atoms with Crippen molar-refractivity contribution in [2.75, 3.05) is 69.5 Å². The highest BCUT2D eigenvalue weighted by atomic mass is 19.4. The van der Waals surface area contributed by atoms with E-state index in [1.165, 1.54) is 28.4 Å². The molecule has 0 radical (unpaired) electrons. The SMILES string of the molecule is COC[C@H]1O[C@@H](O[C@@H]2[C@@H](OC)[C@H](N)C[C@H](N)[C@H]2O[C@H]2O[C@H](CN)[C@@H](OC)[C@H](OC)[C@H]2N)[C@H](OC)[C@@H]1O[C@H]1O[C@@H](CN)[C@@H](OC)[C@H](OC)[C@H]1N.O=C(O)C(F)(F)F. The summed E-state index contributed by atoms with van der Waals surface area (Å²) in [7, 11) is 10.8. The molecule has 21 nitrogen and oxygen atoms in total. The van der Waals surface area contributed by atoms with E-state index in [2.05, 4.69) is 0 Å². The molecular weight excluding hydrogens is 765 g/mol. The number of rotatable bonds is 16. The van der Waals surface area contributed by atoms with Crippen LogP contribution in [0.15, 0.2) is 0 Å². The fourth-order valence-corrected chi connectivity index (χ4v) is 7.51. The van der Waals surface area contributed by atoms with Crippen molar-refractivity contribution in [1.29, 1.82) is 0 Å². The van der Waals surface area contributed by atoms with Gasteiger partial charge in [0.15, 0.2) is 18.9 Å². The lowest BCUT2D eigenvalue weighted by atomic mass is 9.84. The molecule has 0 amide bonds. The molecule has 4 rings (SSSR count). The maximum atomic E-state index is 10.6. The number of hydrogen-bond acceptors (Lipinski definition) is 20. The third-order valence-electron chi connectivity index (χ3n) is 10.2. The zero-order valence-electron chi connectivity index (χ0n) is 32.6. The Balaban J connectivity index is 0.00000109. The van der Waals surface area contributed by atoms with Crippen LogP contribution in [0.1, 0.15) is 6.42 Å². The van der Waals surface area contributed by atoms with Crippen LogP contribution in [0.2, 0.25) is 0 Å². The Bertz CT molecular complexity index is 1180. The number of aliphatic carboxylic acids is 1. The maximum absolute atomic E-state index is 10.6.